The second-order valence-electron chi connectivity index (χ2n) is 8.22. The fraction of sp³-hybridized carbons (Fsp3) is 0.250. The molecular formula is C28H31N3O3. The van der Waals surface area contributed by atoms with Crippen molar-refractivity contribution in [3.05, 3.63) is 95.7 Å². The highest BCUT2D eigenvalue weighted by atomic mass is 16.5. The molecule has 0 bridgehead atoms. The van der Waals surface area contributed by atoms with Crippen molar-refractivity contribution in [2.75, 3.05) is 27.3 Å². The number of para-hydroxylation sites is 1. The Labute approximate surface area is 200 Å². The van der Waals surface area contributed by atoms with Crippen LogP contribution in [0.5, 0.6) is 11.5 Å². The molecule has 1 amide bonds. The summed E-state index contributed by atoms with van der Waals surface area (Å²) in [5, 5.41) is 7.67. The highest BCUT2D eigenvalue weighted by molar-refractivity contribution is 5.83. The van der Waals surface area contributed by atoms with E-state index in [4.69, 9.17) is 9.47 Å². The molecule has 4 rings (SSSR count). The van der Waals surface area contributed by atoms with E-state index in [1.165, 1.54) is 10.9 Å². The quantitative estimate of drug-likeness (QED) is 0.312. The predicted octanol–water partition coefficient (Wildman–Crippen LogP) is 4.42. The number of methoxy groups -OCH3 is 2. The first-order valence-electron chi connectivity index (χ1n) is 11.5. The smallest absolute Gasteiger partial charge is 0.233 e. The molecule has 4 aromatic rings. The molecule has 6 heteroatoms. The van der Waals surface area contributed by atoms with Crippen LogP contribution in [0.25, 0.3) is 10.9 Å². The lowest BCUT2D eigenvalue weighted by atomic mass is 9.98. The molecule has 0 radical (unpaired) electrons. The number of nitrogens with one attached hydrogen (secondary N) is 3. The van der Waals surface area contributed by atoms with Gasteiger partial charge in [-0.2, -0.15) is 0 Å². The highest BCUT2D eigenvalue weighted by Gasteiger charge is 2.14. The maximum Gasteiger partial charge on any atom is 0.233 e. The van der Waals surface area contributed by atoms with E-state index in [1.54, 1.807) is 14.2 Å². The Bertz CT molecular complexity index is 1200. The van der Waals surface area contributed by atoms with Gasteiger partial charge in [-0.25, -0.2) is 0 Å². The van der Waals surface area contributed by atoms with Crippen molar-refractivity contribution in [3.63, 3.8) is 0 Å². The van der Waals surface area contributed by atoms with E-state index < -0.39 is 0 Å². The lowest BCUT2D eigenvalue weighted by Crippen LogP contribution is -2.37. The van der Waals surface area contributed by atoms with E-state index in [9.17, 15) is 4.79 Å². The highest BCUT2D eigenvalue weighted by Crippen LogP contribution is 2.23. The van der Waals surface area contributed by atoms with Crippen LogP contribution in [0.15, 0.2) is 79.0 Å². The molecule has 0 aliphatic carbocycles. The number of fused-ring (bicyclic) bond motifs is 1. The van der Waals surface area contributed by atoms with Crippen molar-refractivity contribution < 1.29 is 14.3 Å². The van der Waals surface area contributed by atoms with Gasteiger partial charge in [0, 0.05) is 29.7 Å². The predicted molar refractivity (Wildman–Crippen MR) is 135 cm³/mol. The molecule has 0 spiro atoms. The molecule has 1 atom stereocenters. The summed E-state index contributed by atoms with van der Waals surface area (Å²) >= 11 is 0. The number of amides is 1. The molecule has 176 valence electrons. The number of H-pyrrole nitrogens is 1. The second-order valence-corrected chi connectivity index (χ2v) is 8.22. The molecule has 1 heterocycles. The minimum Gasteiger partial charge on any atom is -0.497 e. The van der Waals surface area contributed by atoms with Crippen LogP contribution >= 0.6 is 0 Å². The first kappa shape index (κ1) is 23.4. The summed E-state index contributed by atoms with van der Waals surface area (Å²) in [6.07, 6.45) is 3.55. The Balaban J connectivity index is 1.35. The van der Waals surface area contributed by atoms with Gasteiger partial charge in [-0.05, 0) is 59.9 Å². The molecule has 34 heavy (non-hydrogen) atoms. The Hall–Kier alpha value is -3.77. The number of aromatic amines is 1. The number of ether oxygens (including phenoxy) is 2. The number of hydrogen-bond acceptors (Lipinski definition) is 4. The first-order chi connectivity index (χ1) is 16.7. The van der Waals surface area contributed by atoms with Gasteiger partial charge in [-0.15, -0.1) is 0 Å². The number of aromatic nitrogens is 1. The van der Waals surface area contributed by atoms with Crippen molar-refractivity contribution in [2.24, 2.45) is 0 Å². The van der Waals surface area contributed by atoms with Crippen molar-refractivity contribution in [3.8, 4) is 11.5 Å². The number of benzene rings is 3. The fourth-order valence-electron chi connectivity index (χ4n) is 4.09. The van der Waals surface area contributed by atoms with Gasteiger partial charge < -0.3 is 25.1 Å². The van der Waals surface area contributed by atoms with Crippen LogP contribution in [0.3, 0.4) is 0 Å². The fourth-order valence-corrected chi connectivity index (χ4v) is 4.09. The van der Waals surface area contributed by atoms with Crippen molar-refractivity contribution in [1.29, 1.82) is 0 Å². The molecule has 1 aromatic heterocycles. The van der Waals surface area contributed by atoms with Crippen LogP contribution in [0.4, 0.5) is 0 Å². The average molecular weight is 458 g/mol. The molecule has 0 saturated heterocycles. The van der Waals surface area contributed by atoms with Gasteiger partial charge in [0.2, 0.25) is 5.91 Å². The maximum absolute atomic E-state index is 12.6. The Morgan fingerprint density at radius 1 is 0.912 bits per heavy atom. The van der Waals surface area contributed by atoms with Crippen LogP contribution in [0.2, 0.25) is 0 Å². The normalized spacial score (nSPS) is 11.8. The van der Waals surface area contributed by atoms with E-state index in [2.05, 4.69) is 39.9 Å². The van der Waals surface area contributed by atoms with Crippen molar-refractivity contribution in [1.82, 2.24) is 15.6 Å². The third kappa shape index (κ3) is 5.97. The average Bonchev–Trinajstić information content (AvgIpc) is 3.30. The van der Waals surface area contributed by atoms with Crippen LogP contribution in [0.1, 0.15) is 22.7 Å². The standard InChI is InChI=1S/C28H31N3O3/c1-33-23-11-7-20(8-12-23)17-27(21-9-13-24(34-2)14-10-21)31-19-28(32)29-16-15-22-18-30-26-6-4-3-5-25(22)26/h3-14,18,27,30-31H,15-17,19H2,1-2H3,(H,29,32)/t27-/m0/s1. The molecule has 3 N–H and O–H groups in total. The van der Waals surface area contributed by atoms with Gasteiger partial charge in [-0.3, -0.25) is 4.79 Å². The van der Waals surface area contributed by atoms with Crippen LogP contribution < -0.4 is 20.1 Å². The molecule has 0 fully saturated rings. The summed E-state index contributed by atoms with van der Waals surface area (Å²) in [5.74, 6) is 1.61. The van der Waals surface area contributed by atoms with Crippen LogP contribution in [0, 0.1) is 0 Å². The molecule has 0 aliphatic heterocycles. The van der Waals surface area contributed by atoms with E-state index in [0.29, 0.717) is 6.54 Å². The zero-order chi connectivity index (χ0) is 23.8. The topological polar surface area (TPSA) is 75.4 Å². The molecule has 6 nitrogen and oxygen atoms in total. The molecule has 3 aromatic carbocycles. The Morgan fingerprint density at radius 2 is 1.59 bits per heavy atom. The number of hydrogen-bond donors (Lipinski definition) is 3. The number of carbonyl (C=O) groups excluding carboxylic acids is 1. The lowest BCUT2D eigenvalue weighted by Gasteiger charge is -2.20. The van der Waals surface area contributed by atoms with Crippen molar-refractivity contribution in [2.45, 2.75) is 18.9 Å². The third-order valence-electron chi connectivity index (χ3n) is 6.02. The molecule has 0 aliphatic rings. The number of rotatable bonds is 11. The zero-order valence-electron chi connectivity index (χ0n) is 19.6. The Kier molecular flexibility index (Phi) is 7.83. The summed E-state index contributed by atoms with van der Waals surface area (Å²) in [5.41, 5.74) is 4.59. The first-order valence-corrected chi connectivity index (χ1v) is 11.5. The van der Waals surface area contributed by atoms with Gasteiger partial charge in [0.1, 0.15) is 11.5 Å². The summed E-state index contributed by atoms with van der Waals surface area (Å²) in [6, 6.07) is 24.2. The summed E-state index contributed by atoms with van der Waals surface area (Å²) < 4.78 is 10.6. The van der Waals surface area contributed by atoms with Crippen LogP contribution in [-0.2, 0) is 17.6 Å². The monoisotopic (exact) mass is 457 g/mol. The molecular weight excluding hydrogens is 426 g/mol. The van der Waals surface area contributed by atoms with E-state index in [1.807, 2.05) is 54.7 Å². The summed E-state index contributed by atoms with van der Waals surface area (Å²) in [7, 11) is 3.32. The van der Waals surface area contributed by atoms with Gasteiger partial charge in [-0.1, -0.05) is 42.5 Å². The largest absolute Gasteiger partial charge is 0.497 e. The minimum absolute atomic E-state index is 0.0151. The summed E-state index contributed by atoms with van der Waals surface area (Å²) in [4.78, 5) is 15.9. The van der Waals surface area contributed by atoms with Crippen molar-refractivity contribution >= 4 is 16.8 Å². The molecule has 0 unspecified atom stereocenters. The molecule has 0 saturated carbocycles. The van der Waals surface area contributed by atoms with Gasteiger partial charge >= 0.3 is 0 Å². The van der Waals surface area contributed by atoms with E-state index in [0.717, 1.165) is 41.0 Å². The minimum atomic E-state index is -0.0203. The SMILES string of the molecule is COc1ccc(C[C@H](NCC(=O)NCCc2c[nH]c3ccccc23)c2ccc(OC)cc2)cc1. The van der Waals surface area contributed by atoms with Crippen LogP contribution in [-0.4, -0.2) is 38.2 Å². The summed E-state index contributed by atoms with van der Waals surface area (Å²) in [6.45, 7) is 0.828. The third-order valence-corrected chi connectivity index (χ3v) is 6.02. The van der Waals surface area contributed by atoms with E-state index >= 15 is 0 Å². The number of carbonyl (C=O) groups is 1. The maximum atomic E-state index is 12.6. The lowest BCUT2D eigenvalue weighted by molar-refractivity contribution is -0.120. The van der Waals surface area contributed by atoms with Gasteiger partial charge in [0.15, 0.2) is 0 Å². The van der Waals surface area contributed by atoms with Gasteiger partial charge in [0.05, 0.1) is 20.8 Å². The van der Waals surface area contributed by atoms with Gasteiger partial charge in [0.25, 0.3) is 0 Å². The Morgan fingerprint density at radius 3 is 2.29 bits per heavy atom. The second kappa shape index (κ2) is 11.4. The zero-order valence-corrected chi connectivity index (χ0v) is 19.6. The van der Waals surface area contributed by atoms with E-state index in [-0.39, 0.29) is 18.5 Å².